The first-order chi connectivity index (χ1) is 5.97. The van der Waals surface area contributed by atoms with E-state index in [1.807, 2.05) is 12.4 Å². The molecule has 0 saturated heterocycles. The lowest BCUT2D eigenvalue weighted by Gasteiger charge is -2.08. The molecule has 1 aromatic heterocycles. The Morgan fingerprint density at radius 3 is 3.42 bits per heavy atom. The molecular formula is C9H11N3. The molecule has 0 aliphatic carbocycles. The number of fused-ring (bicyclic) bond motifs is 1. The van der Waals surface area contributed by atoms with Crippen molar-refractivity contribution in [2.45, 2.75) is 12.8 Å². The molecule has 3 nitrogen and oxygen atoms in total. The molecule has 3 heteroatoms. The third-order valence-corrected chi connectivity index (χ3v) is 1.96. The minimum absolute atomic E-state index is 0.934. The summed E-state index contributed by atoms with van der Waals surface area (Å²) in [7, 11) is 0. The molecular weight excluding hydrogens is 150 g/mol. The van der Waals surface area contributed by atoms with Crippen molar-refractivity contribution in [2.75, 3.05) is 6.54 Å². The molecule has 2 heterocycles. The van der Waals surface area contributed by atoms with Gasteiger partial charge in [-0.2, -0.15) is 0 Å². The highest BCUT2D eigenvalue weighted by Gasteiger charge is 2.03. The fourth-order valence-corrected chi connectivity index (χ4v) is 1.32. The molecule has 1 aliphatic rings. The molecule has 1 aliphatic heterocycles. The number of nitrogens with zero attached hydrogens (tertiary/aromatic N) is 2. The Morgan fingerprint density at radius 1 is 1.42 bits per heavy atom. The van der Waals surface area contributed by atoms with Crippen molar-refractivity contribution in [2.24, 2.45) is 0 Å². The lowest BCUT2D eigenvalue weighted by molar-refractivity contribution is 0.783. The summed E-state index contributed by atoms with van der Waals surface area (Å²) < 4.78 is 0. The highest BCUT2D eigenvalue weighted by molar-refractivity contribution is 5.20. The van der Waals surface area contributed by atoms with Gasteiger partial charge in [0, 0.05) is 24.9 Å². The Kier molecular flexibility index (Phi) is 2.03. The van der Waals surface area contributed by atoms with Crippen LogP contribution in [0.25, 0.3) is 0 Å². The van der Waals surface area contributed by atoms with Gasteiger partial charge in [0.1, 0.15) is 6.33 Å². The molecule has 12 heavy (non-hydrogen) atoms. The summed E-state index contributed by atoms with van der Waals surface area (Å²) in [5, 5.41) is 3.19. The molecule has 0 fully saturated rings. The largest absolute Gasteiger partial charge is 0.391 e. The predicted molar refractivity (Wildman–Crippen MR) is 46.6 cm³/mol. The molecule has 1 aromatic rings. The number of allylic oxidation sites excluding steroid dienone is 1. The van der Waals surface area contributed by atoms with E-state index in [0.717, 1.165) is 19.4 Å². The number of hydrogen-bond donors (Lipinski definition) is 1. The van der Waals surface area contributed by atoms with Gasteiger partial charge >= 0.3 is 0 Å². The van der Waals surface area contributed by atoms with Crippen molar-refractivity contribution >= 4 is 0 Å². The smallest absolute Gasteiger partial charge is 0.115 e. The average Bonchev–Trinajstić information content (AvgIpc) is 2.06. The first-order valence-corrected chi connectivity index (χ1v) is 4.13. The minimum atomic E-state index is 0.934. The molecule has 62 valence electrons. The Hall–Kier alpha value is -1.38. The molecule has 1 N–H and O–H groups in total. The molecule has 0 amide bonds. The number of aromatic nitrogens is 2. The van der Waals surface area contributed by atoms with Gasteiger partial charge in [-0.15, -0.1) is 0 Å². The molecule has 0 aromatic carbocycles. The number of nitrogens with one attached hydrogen (secondary N) is 1. The number of rotatable bonds is 0. The van der Waals surface area contributed by atoms with Crippen LogP contribution in [0.5, 0.6) is 0 Å². The van der Waals surface area contributed by atoms with Crippen LogP contribution in [0.15, 0.2) is 24.8 Å². The average molecular weight is 161 g/mol. The van der Waals surface area contributed by atoms with Gasteiger partial charge in [0.2, 0.25) is 0 Å². The van der Waals surface area contributed by atoms with Crippen LogP contribution < -0.4 is 5.32 Å². The standard InChI is InChI=1S/C9H11N3/c1-2-8-6-11-7-12-9(8)3-5-10-4-1/h1,4,6-7,10H,2-3,5H2/b4-1-. The second-order valence-electron chi connectivity index (χ2n) is 2.81. The van der Waals surface area contributed by atoms with E-state index in [0.29, 0.717) is 0 Å². The van der Waals surface area contributed by atoms with E-state index in [4.69, 9.17) is 0 Å². The highest BCUT2D eigenvalue weighted by Crippen LogP contribution is 2.06. The van der Waals surface area contributed by atoms with Gasteiger partial charge < -0.3 is 5.32 Å². The summed E-state index contributed by atoms with van der Waals surface area (Å²) in [6.45, 7) is 0.959. The third-order valence-electron chi connectivity index (χ3n) is 1.96. The van der Waals surface area contributed by atoms with E-state index < -0.39 is 0 Å². The van der Waals surface area contributed by atoms with Crippen molar-refractivity contribution in [3.05, 3.63) is 36.1 Å². The third kappa shape index (κ3) is 1.44. The van der Waals surface area contributed by atoms with Crippen LogP contribution >= 0.6 is 0 Å². The molecule has 2 rings (SSSR count). The molecule has 0 unspecified atom stereocenters. The molecule has 0 spiro atoms. The van der Waals surface area contributed by atoms with Gasteiger partial charge in [-0.05, 0) is 18.2 Å². The quantitative estimate of drug-likeness (QED) is 0.608. The van der Waals surface area contributed by atoms with Gasteiger partial charge in [0.25, 0.3) is 0 Å². The van der Waals surface area contributed by atoms with Crippen molar-refractivity contribution in [1.82, 2.24) is 15.3 Å². The zero-order chi connectivity index (χ0) is 8.23. The van der Waals surface area contributed by atoms with E-state index in [-0.39, 0.29) is 0 Å². The Balaban J connectivity index is 2.32. The van der Waals surface area contributed by atoms with Crippen molar-refractivity contribution < 1.29 is 0 Å². The van der Waals surface area contributed by atoms with Crippen LogP contribution in [0.2, 0.25) is 0 Å². The van der Waals surface area contributed by atoms with Gasteiger partial charge in [-0.1, -0.05) is 6.08 Å². The van der Waals surface area contributed by atoms with E-state index in [1.165, 1.54) is 11.3 Å². The van der Waals surface area contributed by atoms with E-state index >= 15 is 0 Å². The monoisotopic (exact) mass is 161 g/mol. The molecule has 0 bridgehead atoms. The van der Waals surface area contributed by atoms with Crippen LogP contribution in [0.3, 0.4) is 0 Å². The van der Waals surface area contributed by atoms with Gasteiger partial charge in [0.15, 0.2) is 0 Å². The van der Waals surface area contributed by atoms with Gasteiger partial charge in [-0.3, -0.25) is 0 Å². The first kappa shape index (κ1) is 7.28. The van der Waals surface area contributed by atoms with Crippen LogP contribution in [0.1, 0.15) is 11.3 Å². The van der Waals surface area contributed by atoms with E-state index in [1.54, 1.807) is 6.33 Å². The second kappa shape index (κ2) is 3.34. The van der Waals surface area contributed by atoms with E-state index in [2.05, 4.69) is 21.4 Å². The Labute approximate surface area is 71.5 Å². The van der Waals surface area contributed by atoms with Gasteiger partial charge in [0.05, 0.1) is 0 Å². The SMILES string of the molecule is C1=C\NCCc2ncncc2C/1. The molecule has 0 radical (unpaired) electrons. The van der Waals surface area contributed by atoms with Crippen LogP contribution in [0.4, 0.5) is 0 Å². The first-order valence-electron chi connectivity index (χ1n) is 4.13. The summed E-state index contributed by atoms with van der Waals surface area (Å²) >= 11 is 0. The molecule has 0 atom stereocenters. The van der Waals surface area contributed by atoms with Gasteiger partial charge in [-0.25, -0.2) is 9.97 Å². The van der Waals surface area contributed by atoms with Crippen LogP contribution in [-0.2, 0) is 12.8 Å². The minimum Gasteiger partial charge on any atom is -0.391 e. The maximum absolute atomic E-state index is 4.24. The summed E-state index contributed by atoms with van der Waals surface area (Å²) in [5.74, 6) is 0. The van der Waals surface area contributed by atoms with Crippen molar-refractivity contribution in [3.63, 3.8) is 0 Å². The topological polar surface area (TPSA) is 37.8 Å². The summed E-state index contributed by atoms with van der Waals surface area (Å²) in [5.41, 5.74) is 2.41. The maximum atomic E-state index is 4.24. The van der Waals surface area contributed by atoms with Crippen LogP contribution in [0, 0.1) is 0 Å². The normalized spacial score (nSPS) is 18.3. The molecule has 0 saturated carbocycles. The lowest BCUT2D eigenvalue weighted by atomic mass is 10.1. The summed E-state index contributed by atoms with van der Waals surface area (Å²) in [6, 6.07) is 0. The summed E-state index contributed by atoms with van der Waals surface area (Å²) in [4.78, 5) is 8.24. The second-order valence-corrected chi connectivity index (χ2v) is 2.81. The fraction of sp³-hybridized carbons (Fsp3) is 0.333. The van der Waals surface area contributed by atoms with Crippen LogP contribution in [-0.4, -0.2) is 16.5 Å². The van der Waals surface area contributed by atoms with Crippen molar-refractivity contribution in [1.29, 1.82) is 0 Å². The zero-order valence-electron chi connectivity index (χ0n) is 6.83. The Bertz CT molecular complexity index is 294. The zero-order valence-corrected chi connectivity index (χ0v) is 6.83. The maximum Gasteiger partial charge on any atom is 0.115 e. The lowest BCUT2D eigenvalue weighted by Crippen LogP contribution is -2.14. The van der Waals surface area contributed by atoms with E-state index in [9.17, 15) is 0 Å². The Morgan fingerprint density at radius 2 is 2.42 bits per heavy atom. The summed E-state index contributed by atoms with van der Waals surface area (Å²) in [6.07, 6.45) is 9.53. The fourth-order valence-electron chi connectivity index (χ4n) is 1.32. The number of hydrogen-bond acceptors (Lipinski definition) is 3. The van der Waals surface area contributed by atoms with Crippen molar-refractivity contribution in [3.8, 4) is 0 Å². The highest BCUT2D eigenvalue weighted by atomic mass is 14.9. The predicted octanol–water partition coefficient (Wildman–Crippen LogP) is 0.679.